The van der Waals surface area contributed by atoms with Crippen LogP contribution in [0.5, 0.6) is 5.75 Å². The Morgan fingerprint density at radius 2 is 2.20 bits per heavy atom. The summed E-state index contributed by atoms with van der Waals surface area (Å²) in [7, 11) is 1.50. The van der Waals surface area contributed by atoms with Gasteiger partial charge in [0.2, 0.25) is 0 Å². The summed E-state index contributed by atoms with van der Waals surface area (Å²) in [5.74, 6) is -2.17. The van der Waals surface area contributed by atoms with Gasteiger partial charge >= 0.3 is 0 Å². The van der Waals surface area contributed by atoms with Gasteiger partial charge in [-0.1, -0.05) is 0 Å². The van der Waals surface area contributed by atoms with Crippen LogP contribution in [0.15, 0.2) is 18.3 Å². The van der Waals surface area contributed by atoms with Crippen LogP contribution in [0.2, 0.25) is 0 Å². The highest BCUT2D eigenvalue weighted by Gasteiger charge is 2.72. The summed E-state index contributed by atoms with van der Waals surface area (Å²) in [4.78, 5) is 3.97. The van der Waals surface area contributed by atoms with E-state index in [1.54, 1.807) is 12.1 Å². The average molecular weight is 214 g/mol. The standard InChI is InChI=1S/C10H12F2N2O/c1-15-7-2-3-8(14-4-7)9(6-13)5-10(9,11)12/h2-4H,5-6,13H2,1H3. The van der Waals surface area contributed by atoms with Crippen molar-refractivity contribution < 1.29 is 13.5 Å². The first-order valence-electron chi connectivity index (χ1n) is 4.64. The molecule has 1 atom stereocenters. The number of aromatic nitrogens is 1. The summed E-state index contributed by atoms with van der Waals surface area (Å²) < 4.78 is 31.2. The molecule has 0 radical (unpaired) electrons. The topological polar surface area (TPSA) is 48.1 Å². The van der Waals surface area contributed by atoms with Gasteiger partial charge in [-0.3, -0.25) is 4.98 Å². The number of alkyl halides is 2. The molecular weight excluding hydrogens is 202 g/mol. The Hall–Kier alpha value is -1.23. The van der Waals surface area contributed by atoms with Gasteiger partial charge in [-0.05, 0) is 12.1 Å². The molecule has 82 valence electrons. The Kier molecular flexibility index (Phi) is 2.15. The maximum atomic E-state index is 13.2. The molecule has 0 aromatic carbocycles. The molecule has 1 fully saturated rings. The molecule has 5 heteroatoms. The van der Waals surface area contributed by atoms with Crippen molar-refractivity contribution in [1.82, 2.24) is 4.98 Å². The summed E-state index contributed by atoms with van der Waals surface area (Å²) in [6.45, 7) is -0.0840. The molecule has 2 N–H and O–H groups in total. The van der Waals surface area contributed by atoms with Crippen LogP contribution >= 0.6 is 0 Å². The highest BCUT2D eigenvalue weighted by molar-refractivity contribution is 5.35. The van der Waals surface area contributed by atoms with Gasteiger partial charge in [0, 0.05) is 13.0 Å². The zero-order valence-electron chi connectivity index (χ0n) is 8.34. The molecule has 0 saturated heterocycles. The molecule has 0 spiro atoms. The van der Waals surface area contributed by atoms with Crippen molar-refractivity contribution in [3.05, 3.63) is 24.0 Å². The molecule has 1 heterocycles. The molecule has 2 rings (SSSR count). The Morgan fingerprint density at radius 3 is 2.53 bits per heavy atom. The summed E-state index contributed by atoms with van der Waals surface area (Å²) in [5, 5.41) is 0. The number of rotatable bonds is 3. The van der Waals surface area contributed by atoms with Crippen LogP contribution in [0.4, 0.5) is 8.78 Å². The molecule has 1 saturated carbocycles. The molecule has 1 aliphatic rings. The van der Waals surface area contributed by atoms with E-state index in [0.717, 1.165) is 0 Å². The minimum absolute atomic E-state index is 0.0840. The van der Waals surface area contributed by atoms with Crippen molar-refractivity contribution in [1.29, 1.82) is 0 Å². The van der Waals surface area contributed by atoms with Crippen molar-refractivity contribution in [2.24, 2.45) is 5.73 Å². The quantitative estimate of drug-likeness (QED) is 0.825. The second-order valence-electron chi connectivity index (χ2n) is 3.75. The van der Waals surface area contributed by atoms with Crippen LogP contribution in [-0.2, 0) is 5.41 Å². The lowest BCUT2D eigenvalue weighted by Crippen LogP contribution is -2.27. The third-order valence-corrected chi connectivity index (χ3v) is 2.91. The number of pyridine rings is 1. The first-order chi connectivity index (χ1) is 7.05. The van der Waals surface area contributed by atoms with Crippen molar-refractivity contribution in [2.45, 2.75) is 17.8 Å². The SMILES string of the molecule is COc1ccc(C2(CN)CC2(F)F)nc1. The maximum Gasteiger partial charge on any atom is 0.261 e. The van der Waals surface area contributed by atoms with E-state index in [1.807, 2.05) is 0 Å². The van der Waals surface area contributed by atoms with Gasteiger partial charge in [0.25, 0.3) is 5.92 Å². The van der Waals surface area contributed by atoms with E-state index in [9.17, 15) is 8.78 Å². The minimum Gasteiger partial charge on any atom is -0.495 e. The first kappa shape index (κ1) is 10.3. The third-order valence-electron chi connectivity index (χ3n) is 2.91. The number of hydrogen-bond acceptors (Lipinski definition) is 3. The number of ether oxygens (including phenoxy) is 1. The molecule has 0 aliphatic heterocycles. The van der Waals surface area contributed by atoms with Crippen LogP contribution in [0, 0.1) is 0 Å². The van der Waals surface area contributed by atoms with Gasteiger partial charge in [0.1, 0.15) is 5.75 Å². The van der Waals surface area contributed by atoms with Gasteiger partial charge in [-0.15, -0.1) is 0 Å². The summed E-state index contributed by atoms with van der Waals surface area (Å²) in [6, 6.07) is 3.17. The third kappa shape index (κ3) is 1.38. The van der Waals surface area contributed by atoms with E-state index in [0.29, 0.717) is 11.4 Å². The van der Waals surface area contributed by atoms with Crippen LogP contribution in [-0.4, -0.2) is 24.6 Å². The van der Waals surface area contributed by atoms with Gasteiger partial charge in [0.15, 0.2) is 0 Å². The monoisotopic (exact) mass is 214 g/mol. The molecule has 0 bridgehead atoms. The lowest BCUT2D eigenvalue weighted by atomic mass is 10.0. The Bertz CT molecular complexity index is 366. The minimum atomic E-state index is -2.72. The van der Waals surface area contributed by atoms with E-state index in [1.165, 1.54) is 13.3 Å². The van der Waals surface area contributed by atoms with E-state index in [4.69, 9.17) is 10.5 Å². The van der Waals surface area contributed by atoms with Gasteiger partial charge in [0.05, 0.1) is 24.4 Å². The van der Waals surface area contributed by atoms with Gasteiger partial charge < -0.3 is 10.5 Å². The Labute approximate surface area is 86.3 Å². The number of nitrogens with two attached hydrogens (primary N) is 1. The molecule has 3 nitrogen and oxygen atoms in total. The number of nitrogens with zero attached hydrogens (tertiary/aromatic N) is 1. The van der Waals surface area contributed by atoms with E-state index in [-0.39, 0.29) is 13.0 Å². The predicted octanol–water partition coefficient (Wildman–Crippen LogP) is 1.33. The predicted molar refractivity (Wildman–Crippen MR) is 51.1 cm³/mol. The van der Waals surface area contributed by atoms with Gasteiger partial charge in [-0.2, -0.15) is 0 Å². The van der Waals surface area contributed by atoms with E-state index in [2.05, 4.69) is 4.98 Å². The van der Waals surface area contributed by atoms with Crippen LogP contribution in [0.3, 0.4) is 0 Å². The van der Waals surface area contributed by atoms with Crippen molar-refractivity contribution in [3.8, 4) is 5.75 Å². The highest BCUT2D eigenvalue weighted by Crippen LogP contribution is 2.60. The zero-order valence-corrected chi connectivity index (χ0v) is 8.34. The van der Waals surface area contributed by atoms with E-state index >= 15 is 0 Å². The number of hydrogen-bond donors (Lipinski definition) is 1. The summed E-state index contributed by atoms with van der Waals surface area (Å²) in [5.41, 5.74) is 4.49. The number of halogens is 2. The molecular formula is C10H12F2N2O. The van der Waals surface area contributed by atoms with Crippen LogP contribution in [0.1, 0.15) is 12.1 Å². The lowest BCUT2D eigenvalue weighted by Gasteiger charge is -2.13. The van der Waals surface area contributed by atoms with Crippen LogP contribution < -0.4 is 10.5 Å². The molecule has 1 aromatic rings. The molecule has 1 aliphatic carbocycles. The zero-order chi connectivity index (χ0) is 11.1. The van der Waals surface area contributed by atoms with Crippen molar-refractivity contribution >= 4 is 0 Å². The fourth-order valence-corrected chi connectivity index (χ4v) is 1.72. The molecule has 1 unspecified atom stereocenters. The Morgan fingerprint density at radius 1 is 1.53 bits per heavy atom. The average Bonchev–Trinajstić information content (AvgIpc) is 2.82. The molecule has 15 heavy (non-hydrogen) atoms. The molecule has 1 aromatic heterocycles. The van der Waals surface area contributed by atoms with Crippen LogP contribution in [0.25, 0.3) is 0 Å². The summed E-state index contributed by atoms with van der Waals surface area (Å²) in [6.07, 6.45) is 1.22. The second kappa shape index (κ2) is 3.13. The first-order valence-corrected chi connectivity index (χ1v) is 4.64. The maximum absolute atomic E-state index is 13.2. The second-order valence-corrected chi connectivity index (χ2v) is 3.75. The Balaban J connectivity index is 2.30. The largest absolute Gasteiger partial charge is 0.495 e. The normalized spacial score (nSPS) is 27.5. The fourth-order valence-electron chi connectivity index (χ4n) is 1.72. The number of methoxy groups -OCH3 is 1. The van der Waals surface area contributed by atoms with Gasteiger partial charge in [-0.25, -0.2) is 8.78 Å². The van der Waals surface area contributed by atoms with Crippen molar-refractivity contribution in [3.63, 3.8) is 0 Å². The smallest absolute Gasteiger partial charge is 0.261 e. The lowest BCUT2D eigenvalue weighted by molar-refractivity contribution is 0.0886. The van der Waals surface area contributed by atoms with E-state index < -0.39 is 11.3 Å². The molecule has 0 amide bonds. The highest BCUT2D eigenvalue weighted by atomic mass is 19.3. The fraction of sp³-hybridized carbons (Fsp3) is 0.500. The summed E-state index contributed by atoms with van der Waals surface area (Å²) >= 11 is 0. The van der Waals surface area contributed by atoms with Crippen molar-refractivity contribution in [2.75, 3.05) is 13.7 Å².